The van der Waals surface area contributed by atoms with Gasteiger partial charge in [-0.3, -0.25) is 9.89 Å². The summed E-state index contributed by atoms with van der Waals surface area (Å²) in [6.07, 6.45) is 11.3. The molecule has 0 radical (unpaired) electrons. The predicted molar refractivity (Wildman–Crippen MR) is 99.1 cm³/mol. The lowest BCUT2D eigenvalue weighted by atomic mass is 9.84. The molecule has 0 saturated heterocycles. The average molecular weight is 337 g/mol. The summed E-state index contributed by atoms with van der Waals surface area (Å²) < 4.78 is 0. The first-order valence-corrected chi connectivity index (χ1v) is 8.90. The number of aromatic nitrogens is 3. The largest absolute Gasteiger partial charge is 0.359 e. The predicted octanol–water partition coefficient (Wildman–Crippen LogP) is 3.40. The summed E-state index contributed by atoms with van der Waals surface area (Å²) in [5, 5.41) is 10.9. The molecule has 1 fully saturated rings. The van der Waals surface area contributed by atoms with Crippen LogP contribution in [0.25, 0.3) is 22.0 Å². The summed E-state index contributed by atoms with van der Waals surface area (Å²) in [7, 11) is 0. The van der Waals surface area contributed by atoms with Crippen molar-refractivity contribution in [2.24, 2.45) is 11.7 Å². The maximum absolute atomic E-state index is 12.6. The Hall–Kier alpha value is -2.60. The van der Waals surface area contributed by atoms with Gasteiger partial charge in [0.25, 0.3) is 0 Å². The molecule has 1 amide bonds. The highest BCUT2D eigenvalue weighted by Crippen LogP contribution is 2.32. The van der Waals surface area contributed by atoms with E-state index in [0.717, 1.165) is 40.6 Å². The zero-order valence-electron chi connectivity index (χ0n) is 14.1. The highest BCUT2D eigenvalue weighted by atomic mass is 16.2. The minimum absolute atomic E-state index is 0.0983. The van der Waals surface area contributed by atoms with Crippen molar-refractivity contribution in [2.75, 3.05) is 5.32 Å². The van der Waals surface area contributed by atoms with E-state index in [1.54, 1.807) is 6.20 Å². The number of fused-ring (bicyclic) bond motifs is 1. The number of carbonyl (C=O) groups is 1. The lowest BCUT2D eigenvalue weighted by Gasteiger charge is -2.26. The Morgan fingerprint density at radius 2 is 2.08 bits per heavy atom. The van der Waals surface area contributed by atoms with Gasteiger partial charge in [0.15, 0.2) is 0 Å². The minimum Gasteiger partial charge on any atom is -0.359 e. The van der Waals surface area contributed by atoms with E-state index in [-0.39, 0.29) is 11.8 Å². The van der Waals surface area contributed by atoms with Crippen molar-refractivity contribution in [3.05, 3.63) is 36.8 Å². The molecule has 1 atom stereocenters. The van der Waals surface area contributed by atoms with Gasteiger partial charge in [-0.25, -0.2) is 0 Å². The highest BCUT2D eigenvalue weighted by molar-refractivity contribution is 6.06. The van der Waals surface area contributed by atoms with E-state index in [9.17, 15) is 4.79 Å². The number of para-hydroxylation sites is 1. The first-order valence-electron chi connectivity index (χ1n) is 8.90. The zero-order valence-corrected chi connectivity index (χ0v) is 14.1. The van der Waals surface area contributed by atoms with Crippen LogP contribution in [0.5, 0.6) is 0 Å². The van der Waals surface area contributed by atoms with Crippen LogP contribution < -0.4 is 11.1 Å². The van der Waals surface area contributed by atoms with Crippen LogP contribution in [0, 0.1) is 5.92 Å². The van der Waals surface area contributed by atoms with Gasteiger partial charge < -0.3 is 16.0 Å². The Kier molecular flexibility index (Phi) is 4.28. The molecule has 1 aliphatic carbocycles. The van der Waals surface area contributed by atoms with Gasteiger partial charge in [0.1, 0.15) is 0 Å². The number of nitrogens with one attached hydrogen (secondary N) is 3. The fraction of sp³-hybridized carbons (Fsp3) is 0.368. The Labute approximate surface area is 146 Å². The summed E-state index contributed by atoms with van der Waals surface area (Å²) >= 11 is 0. The van der Waals surface area contributed by atoms with Crippen molar-refractivity contribution in [2.45, 2.75) is 38.1 Å². The molecule has 1 saturated carbocycles. The summed E-state index contributed by atoms with van der Waals surface area (Å²) in [4.78, 5) is 15.9. The van der Waals surface area contributed by atoms with Crippen LogP contribution in [0.2, 0.25) is 0 Å². The second-order valence-corrected chi connectivity index (χ2v) is 6.83. The van der Waals surface area contributed by atoms with Gasteiger partial charge in [-0.05, 0) is 24.8 Å². The van der Waals surface area contributed by atoms with Gasteiger partial charge in [0, 0.05) is 28.9 Å². The summed E-state index contributed by atoms with van der Waals surface area (Å²) in [6, 6.07) is 5.44. The molecule has 4 rings (SSSR count). The van der Waals surface area contributed by atoms with Crippen LogP contribution in [0.4, 0.5) is 5.69 Å². The standard InChI is InChI=1S/C19H23N5O/c20-17(12-5-2-1-3-6-12)19(25)24-16-8-4-7-14-15(11-21-18(14)16)13-9-22-23-10-13/h4,7-12,17,21H,1-3,5-6,20H2,(H,22,23)(H,24,25). The van der Waals surface area contributed by atoms with Crippen LogP contribution in [0.15, 0.2) is 36.8 Å². The van der Waals surface area contributed by atoms with Gasteiger partial charge in [-0.1, -0.05) is 31.4 Å². The van der Waals surface area contributed by atoms with Crippen LogP contribution in [-0.4, -0.2) is 27.1 Å². The number of nitrogens with zero attached hydrogens (tertiary/aromatic N) is 1. The van der Waals surface area contributed by atoms with Crippen molar-refractivity contribution in [1.82, 2.24) is 15.2 Å². The highest BCUT2D eigenvalue weighted by Gasteiger charge is 2.26. The summed E-state index contributed by atoms with van der Waals surface area (Å²) in [5.41, 5.74) is 9.96. The fourth-order valence-electron chi connectivity index (χ4n) is 3.82. The first-order chi connectivity index (χ1) is 12.2. The SMILES string of the molecule is NC(C(=O)Nc1cccc2c(-c3cn[nH]c3)c[nH]c12)C1CCCCC1. The molecule has 3 aromatic rings. The Morgan fingerprint density at radius 3 is 2.84 bits per heavy atom. The number of anilines is 1. The van der Waals surface area contributed by atoms with Gasteiger partial charge in [0.05, 0.1) is 23.4 Å². The smallest absolute Gasteiger partial charge is 0.241 e. The third-order valence-electron chi connectivity index (χ3n) is 5.24. The molecule has 5 N–H and O–H groups in total. The number of rotatable bonds is 4. The van der Waals surface area contributed by atoms with Crippen LogP contribution in [-0.2, 0) is 4.79 Å². The molecular formula is C19H23N5O. The van der Waals surface area contributed by atoms with Gasteiger partial charge in [0.2, 0.25) is 5.91 Å². The van der Waals surface area contributed by atoms with Crippen molar-refractivity contribution in [3.63, 3.8) is 0 Å². The number of hydrogen-bond acceptors (Lipinski definition) is 3. The second kappa shape index (κ2) is 6.72. The molecule has 130 valence electrons. The van der Waals surface area contributed by atoms with Crippen molar-refractivity contribution in [3.8, 4) is 11.1 Å². The van der Waals surface area contributed by atoms with Crippen LogP contribution in [0.3, 0.4) is 0 Å². The van der Waals surface area contributed by atoms with Gasteiger partial charge >= 0.3 is 0 Å². The quantitative estimate of drug-likeness (QED) is 0.587. The normalized spacial score (nSPS) is 16.8. The van der Waals surface area contributed by atoms with Crippen molar-refractivity contribution >= 4 is 22.5 Å². The number of H-pyrrole nitrogens is 2. The number of benzene rings is 1. The zero-order chi connectivity index (χ0) is 17.2. The van der Waals surface area contributed by atoms with Crippen LogP contribution >= 0.6 is 0 Å². The second-order valence-electron chi connectivity index (χ2n) is 6.83. The Morgan fingerprint density at radius 1 is 1.24 bits per heavy atom. The summed E-state index contributed by atoms with van der Waals surface area (Å²) in [5.74, 6) is 0.192. The molecule has 1 aliphatic rings. The molecule has 1 aromatic carbocycles. The Balaban J connectivity index is 1.58. The van der Waals surface area contributed by atoms with Crippen molar-refractivity contribution < 1.29 is 4.79 Å². The van der Waals surface area contributed by atoms with E-state index in [4.69, 9.17) is 5.73 Å². The molecule has 6 nitrogen and oxygen atoms in total. The topological polar surface area (TPSA) is 99.6 Å². The molecule has 2 aromatic heterocycles. The van der Waals surface area contributed by atoms with E-state index in [1.165, 1.54) is 19.3 Å². The minimum atomic E-state index is -0.445. The number of amides is 1. The molecule has 25 heavy (non-hydrogen) atoms. The molecule has 2 heterocycles. The van der Waals surface area contributed by atoms with E-state index >= 15 is 0 Å². The molecule has 1 unspecified atom stereocenters. The maximum atomic E-state index is 12.6. The van der Waals surface area contributed by atoms with Gasteiger partial charge in [-0.15, -0.1) is 0 Å². The lowest BCUT2D eigenvalue weighted by molar-refractivity contribution is -0.118. The van der Waals surface area contributed by atoms with E-state index in [2.05, 4.69) is 20.5 Å². The average Bonchev–Trinajstić information content (AvgIpc) is 3.31. The van der Waals surface area contributed by atoms with Crippen LogP contribution in [0.1, 0.15) is 32.1 Å². The molecule has 6 heteroatoms. The monoisotopic (exact) mass is 337 g/mol. The number of nitrogens with two attached hydrogens (primary N) is 1. The summed E-state index contributed by atoms with van der Waals surface area (Å²) in [6.45, 7) is 0. The third-order valence-corrected chi connectivity index (χ3v) is 5.24. The molecule has 0 spiro atoms. The van der Waals surface area contributed by atoms with E-state index in [0.29, 0.717) is 0 Å². The third kappa shape index (κ3) is 3.05. The number of hydrogen-bond donors (Lipinski definition) is 4. The number of carbonyl (C=O) groups excluding carboxylic acids is 1. The van der Waals surface area contributed by atoms with Gasteiger partial charge in [-0.2, -0.15) is 5.10 Å². The maximum Gasteiger partial charge on any atom is 0.241 e. The lowest BCUT2D eigenvalue weighted by Crippen LogP contribution is -2.42. The van der Waals surface area contributed by atoms with E-state index < -0.39 is 6.04 Å². The Bertz CT molecular complexity index is 861. The molecular weight excluding hydrogens is 314 g/mol. The molecule has 0 bridgehead atoms. The van der Waals surface area contributed by atoms with Crippen molar-refractivity contribution in [1.29, 1.82) is 0 Å². The number of aromatic amines is 2. The van der Waals surface area contributed by atoms with E-state index in [1.807, 2.05) is 30.6 Å². The first kappa shape index (κ1) is 15.9. The fourth-order valence-corrected chi connectivity index (χ4v) is 3.82. The molecule has 0 aliphatic heterocycles.